The van der Waals surface area contributed by atoms with Crippen molar-refractivity contribution in [3.63, 3.8) is 0 Å². The number of hydrogen-bond donors (Lipinski definition) is 2. The van der Waals surface area contributed by atoms with E-state index in [4.69, 9.17) is 14.2 Å². The monoisotopic (exact) mass is 659 g/mol. The molecule has 13 heteroatoms. The maximum atomic E-state index is 14.8. The fourth-order valence-corrected chi connectivity index (χ4v) is 9.97. The molecule has 1 amide bonds. The number of aromatic nitrogens is 4. The summed E-state index contributed by atoms with van der Waals surface area (Å²) in [6.07, 6.45) is 4.00. The van der Waals surface area contributed by atoms with Crippen molar-refractivity contribution < 1.29 is 28.9 Å². The van der Waals surface area contributed by atoms with Crippen LogP contribution in [0.2, 0.25) is 18.6 Å². The van der Waals surface area contributed by atoms with Gasteiger partial charge in [0.05, 0.1) is 38.2 Å². The van der Waals surface area contributed by atoms with Crippen LogP contribution in [0.4, 0.5) is 5.69 Å². The Labute approximate surface area is 274 Å². The van der Waals surface area contributed by atoms with E-state index in [9.17, 15) is 19.5 Å². The molecule has 248 valence electrons. The minimum Gasteiger partial charge on any atom is -0.497 e. The van der Waals surface area contributed by atoms with E-state index < -0.39 is 20.0 Å². The van der Waals surface area contributed by atoms with Crippen molar-refractivity contribution in [2.24, 2.45) is 5.92 Å². The number of aliphatic hydroxyl groups excluding tert-OH is 1. The van der Waals surface area contributed by atoms with Crippen molar-refractivity contribution in [3.8, 4) is 17.2 Å². The summed E-state index contributed by atoms with van der Waals surface area (Å²) in [5.41, 5.74) is 1.73. The molecule has 2 N–H and O–H groups in total. The summed E-state index contributed by atoms with van der Waals surface area (Å²) in [7, 11) is 0.187. The van der Waals surface area contributed by atoms with Crippen molar-refractivity contribution in [2.75, 3.05) is 25.7 Å². The number of anilines is 1. The van der Waals surface area contributed by atoms with Gasteiger partial charge in [-0.05, 0) is 67.5 Å². The average Bonchev–Trinajstić information content (AvgIpc) is 3.70. The number of fused-ring (bicyclic) bond motifs is 2. The molecule has 4 atom stereocenters. The predicted molar refractivity (Wildman–Crippen MR) is 177 cm³/mol. The first-order valence-electron chi connectivity index (χ1n) is 15.8. The third kappa shape index (κ3) is 5.77. The summed E-state index contributed by atoms with van der Waals surface area (Å²) in [5, 5.41) is 17.6. The standard InChI is InChI=1S/C34H41N5O7Si/c1-22-31(47(4,5)43)29(13-16-37-21-24(14-17-40)35-36-37)46-34(22)27-19-26(44-2)11-12-28(27)39(33(34)42)20-23-8-6-9-25(18-23)38-15-7-10-30(45-3)32(38)41/h6-12,15,18-19,21-22,29,31,40,43H,13-14,16-17,20H2,1-5H3/t22-,29+,31-,34+/m1/s1. The molecule has 12 nitrogen and oxygen atoms in total. The first kappa shape index (κ1) is 32.6. The van der Waals surface area contributed by atoms with E-state index in [1.807, 2.05) is 62.5 Å². The molecule has 0 unspecified atom stereocenters. The lowest BCUT2D eigenvalue weighted by Crippen LogP contribution is -2.46. The number of benzene rings is 2. The quantitative estimate of drug-likeness (QED) is 0.232. The lowest BCUT2D eigenvalue weighted by Gasteiger charge is -2.32. The Balaban J connectivity index is 1.36. The Bertz CT molecular complexity index is 1840. The van der Waals surface area contributed by atoms with Gasteiger partial charge in [0.2, 0.25) is 0 Å². The molecule has 6 rings (SSSR count). The van der Waals surface area contributed by atoms with Gasteiger partial charge in [-0.3, -0.25) is 18.8 Å². The molecule has 2 aromatic carbocycles. The van der Waals surface area contributed by atoms with Crippen LogP contribution in [0, 0.1) is 5.92 Å². The number of methoxy groups -OCH3 is 2. The van der Waals surface area contributed by atoms with Gasteiger partial charge in [0.25, 0.3) is 11.5 Å². The highest BCUT2D eigenvalue weighted by molar-refractivity contribution is 6.71. The second-order valence-electron chi connectivity index (χ2n) is 12.8. The number of carbonyl (C=O) groups is 1. The maximum absolute atomic E-state index is 14.8. The van der Waals surface area contributed by atoms with Crippen molar-refractivity contribution in [3.05, 3.63) is 94.2 Å². The number of hydrogen-bond acceptors (Lipinski definition) is 9. The zero-order valence-corrected chi connectivity index (χ0v) is 28.3. The zero-order valence-electron chi connectivity index (χ0n) is 27.3. The Morgan fingerprint density at radius 2 is 1.87 bits per heavy atom. The van der Waals surface area contributed by atoms with Gasteiger partial charge in [0.1, 0.15) is 5.75 Å². The Morgan fingerprint density at radius 1 is 1.06 bits per heavy atom. The van der Waals surface area contributed by atoms with Crippen LogP contribution < -0.4 is 19.9 Å². The fraction of sp³-hybridized carbons (Fsp3) is 0.412. The number of aryl methyl sites for hydroxylation is 1. The van der Waals surface area contributed by atoms with Crippen molar-refractivity contribution in [1.82, 2.24) is 19.6 Å². The summed E-state index contributed by atoms with van der Waals surface area (Å²) in [6.45, 7) is 6.51. The van der Waals surface area contributed by atoms with Crippen LogP contribution >= 0.6 is 0 Å². The highest BCUT2D eigenvalue weighted by Crippen LogP contribution is 2.60. The van der Waals surface area contributed by atoms with Gasteiger partial charge in [0, 0.05) is 54.7 Å². The van der Waals surface area contributed by atoms with Crippen LogP contribution in [-0.2, 0) is 34.6 Å². The smallest absolute Gasteiger partial charge is 0.297 e. The number of aliphatic hydroxyl groups is 1. The van der Waals surface area contributed by atoms with Crippen molar-refractivity contribution >= 4 is 19.9 Å². The van der Waals surface area contributed by atoms with Gasteiger partial charge in [-0.15, -0.1) is 5.10 Å². The molecule has 0 saturated carbocycles. The normalized spacial score (nSPS) is 22.2. The summed E-state index contributed by atoms with van der Waals surface area (Å²) >= 11 is 0. The van der Waals surface area contributed by atoms with E-state index in [1.165, 1.54) is 11.7 Å². The van der Waals surface area contributed by atoms with E-state index in [0.29, 0.717) is 47.8 Å². The first-order chi connectivity index (χ1) is 22.5. The van der Waals surface area contributed by atoms with Crippen LogP contribution in [0.5, 0.6) is 11.5 Å². The number of rotatable bonds is 11. The van der Waals surface area contributed by atoms with Gasteiger partial charge >= 0.3 is 0 Å². The topological polar surface area (TPSA) is 141 Å². The Hall–Kier alpha value is -4.30. The largest absolute Gasteiger partial charge is 0.497 e. The highest BCUT2D eigenvalue weighted by Gasteiger charge is 2.66. The molecular weight excluding hydrogens is 618 g/mol. The minimum atomic E-state index is -2.86. The molecule has 0 radical (unpaired) electrons. The average molecular weight is 660 g/mol. The number of pyridine rings is 1. The molecule has 4 heterocycles. The van der Waals surface area contributed by atoms with E-state index >= 15 is 0 Å². The van der Waals surface area contributed by atoms with Gasteiger partial charge in [-0.2, -0.15) is 0 Å². The van der Waals surface area contributed by atoms with E-state index in [1.54, 1.807) is 41.2 Å². The number of nitrogens with zero attached hydrogens (tertiary/aromatic N) is 5. The van der Waals surface area contributed by atoms with Crippen LogP contribution in [0.25, 0.3) is 5.69 Å². The molecule has 2 aromatic heterocycles. The van der Waals surface area contributed by atoms with Gasteiger partial charge < -0.3 is 29.0 Å². The van der Waals surface area contributed by atoms with E-state index in [-0.39, 0.29) is 41.8 Å². The summed E-state index contributed by atoms with van der Waals surface area (Å²) in [5.74, 6) is 0.296. The lowest BCUT2D eigenvalue weighted by molar-refractivity contribution is -0.146. The third-order valence-electron chi connectivity index (χ3n) is 9.45. The predicted octanol–water partition coefficient (Wildman–Crippen LogP) is 3.42. The van der Waals surface area contributed by atoms with Crippen LogP contribution in [0.3, 0.4) is 0 Å². The molecular formula is C34H41N5O7Si. The Morgan fingerprint density at radius 3 is 2.60 bits per heavy atom. The second-order valence-corrected chi connectivity index (χ2v) is 16.8. The molecule has 0 bridgehead atoms. The number of amides is 1. The molecule has 4 aromatic rings. The first-order valence-corrected chi connectivity index (χ1v) is 18.8. The van der Waals surface area contributed by atoms with E-state index in [0.717, 1.165) is 5.56 Å². The molecule has 2 aliphatic rings. The number of carbonyl (C=O) groups excluding carboxylic acids is 1. The minimum absolute atomic E-state index is 0.0118. The summed E-state index contributed by atoms with van der Waals surface area (Å²) < 4.78 is 21.0. The third-order valence-corrected chi connectivity index (χ3v) is 12.0. The molecule has 2 aliphatic heterocycles. The SMILES string of the molecule is COc1ccc2c(c1)[C@]1(O[C@@H](CCn3cc(CCO)nn3)[C@H]([Si](C)(C)O)[C@H]1C)C(=O)N2Cc1cccc(-n2cccc(OC)c2=O)c1. The maximum Gasteiger partial charge on any atom is 0.297 e. The highest BCUT2D eigenvalue weighted by atomic mass is 28.4. The molecule has 47 heavy (non-hydrogen) atoms. The molecule has 1 spiro atoms. The van der Waals surface area contributed by atoms with E-state index in [2.05, 4.69) is 10.3 Å². The molecule has 1 fully saturated rings. The second kappa shape index (κ2) is 12.7. The van der Waals surface area contributed by atoms with Crippen LogP contribution in [0.1, 0.15) is 30.2 Å². The number of ether oxygens (including phenoxy) is 3. The molecule has 1 saturated heterocycles. The summed E-state index contributed by atoms with van der Waals surface area (Å²) in [4.78, 5) is 41.2. The zero-order chi connectivity index (χ0) is 33.5. The van der Waals surface area contributed by atoms with Crippen molar-refractivity contribution in [2.45, 2.75) is 63.2 Å². The van der Waals surface area contributed by atoms with Gasteiger partial charge in [-0.25, -0.2) is 0 Å². The Kier molecular flexibility index (Phi) is 8.83. The van der Waals surface area contributed by atoms with Gasteiger partial charge in [-0.1, -0.05) is 24.3 Å². The van der Waals surface area contributed by atoms with Crippen molar-refractivity contribution in [1.29, 1.82) is 0 Å². The van der Waals surface area contributed by atoms with Crippen LogP contribution in [0.15, 0.2) is 71.8 Å². The van der Waals surface area contributed by atoms with Crippen LogP contribution in [-0.4, -0.2) is 70.6 Å². The molecule has 0 aliphatic carbocycles. The van der Waals surface area contributed by atoms with Gasteiger partial charge in [0.15, 0.2) is 19.7 Å². The fourth-order valence-electron chi connectivity index (χ4n) is 7.37. The lowest BCUT2D eigenvalue weighted by atomic mass is 9.82. The summed E-state index contributed by atoms with van der Waals surface area (Å²) in [6, 6.07) is 16.5.